The number of ether oxygens (including phenoxy) is 2. The quantitative estimate of drug-likeness (QED) is 0.306. The SMILES string of the molecule is COC(=O)C1=C(COCCN)NC(C)=C(C(=O)N[C@@]23C[C@@H]4C[C@@](C)(C[C@@](C)(C4)C2)C3)C1C1=C(Cl)CCC=C1. The first-order valence-electron chi connectivity index (χ1n) is 14.0. The number of hydrogen-bond acceptors (Lipinski definition) is 6. The lowest BCUT2D eigenvalue weighted by Gasteiger charge is -2.65. The monoisotopic (exact) mass is 543 g/mol. The molecule has 38 heavy (non-hydrogen) atoms. The third-order valence-corrected chi connectivity index (χ3v) is 9.67. The predicted octanol–water partition coefficient (Wildman–Crippen LogP) is 4.59. The van der Waals surface area contributed by atoms with Crippen molar-refractivity contribution in [2.24, 2.45) is 28.4 Å². The van der Waals surface area contributed by atoms with Gasteiger partial charge in [0.2, 0.25) is 5.91 Å². The van der Waals surface area contributed by atoms with Crippen LogP contribution in [0.5, 0.6) is 0 Å². The molecule has 4 fully saturated rings. The minimum atomic E-state index is -0.649. The first-order chi connectivity index (χ1) is 18.0. The summed E-state index contributed by atoms with van der Waals surface area (Å²) in [6.45, 7) is 7.56. The lowest BCUT2D eigenvalue weighted by Crippen LogP contribution is -2.65. The number of amides is 1. The molecule has 6 aliphatic rings. The van der Waals surface area contributed by atoms with Crippen LogP contribution in [0.4, 0.5) is 0 Å². The third-order valence-electron chi connectivity index (χ3n) is 9.26. The van der Waals surface area contributed by atoms with E-state index in [0.717, 1.165) is 31.3 Å². The Bertz CT molecular complexity index is 1130. The number of esters is 1. The summed E-state index contributed by atoms with van der Waals surface area (Å²) in [7, 11) is 1.36. The molecule has 1 aliphatic heterocycles. The third kappa shape index (κ3) is 4.98. The molecule has 4 bridgehead atoms. The molecule has 0 radical (unpaired) electrons. The van der Waals surface area contributed by atoms with Crippen LogP contribution in [0.25, 0.3) is 0 Å². The van der Waals surface area contributed by atoms with Gasteiger partial charge < -0.3 is 25.8 Å². The number of nitrogens with one attached hydrogen (secondary N) is 2. The Kier molecular flexibility index (Phi) is 7.33. The van der Waals surface area contributed by atoms with Gasteiger partial charge >= 0.3 is 5.97 Å². The Morgan fingerprint density at radius 1 is 1.16 bits per heavy atom. The van der Waals surface area contributed by atoms with Crippen LogP contribution < -0.4 is 16.4 Å². The molecule has 8 heteroatoms. The number of carbonyl (C=O) groups excluding carboxylic acids is 2. The summed E-state index contributed by atoms with van der Waals surface area (Å²) in [6, 6.07) is 0. The van der Waals surface area contributed by atoms with Crippen molar-refractivity contribution in [1.29, 1.82) is 0 Å². The van der Waals surface area contributed by atoms with E-state index in [0.29, 0.717) is 53.1 Å². The zero-order valence-corrected chi connectivity index (χ0v) is 23.9. The van der Waals surface area contributed by atoms with Gasteiger partial charge in [-0.25, -0.2) is 4.79 Å². The molecule has 5 aliphatic carbocycles. The molecule has 7 nitrogen and oxygen atoms in total. The lowest BCUT2D eigenvalue weighted by atomic mass is 9.42. The normalized spacial score (nSPS) is 36.1. The highest BCUT2D eigenvalue weighted by atomic mass is 35.5. The largest absolute Gasteiger partial charge is 0.466 e. The van der Waals surface area contributed by atoms with Gasteiger partial charge in [0.05, 0.1) is 37.5 Å². The van der Waals surface area contributed by atoms with E-state index in [4.69, 9.17) is 26.8 Å². The van der Waals surface area contributed by atoms with E-state index >= 15 is 0 Å². The highest BCUT2D eigenvalue weighted by Crippen LogP contribution is 2.66. The number of allylic oxidation sites excluding steroid dienone is 5. The molecule has 4 saturated carbocycles. The van der Waals surface area contributed by atoms with Crippen molar-refractivity contribution >= 4 is 23.5 Å². The standard InChI is InChI=1S/C30H42ClN3O4/c1-18-23(26(35)34-30-13-19-11-28(2,16-30)15-29(3,12-19)17-30)24(20-7-5-6-8-21(20)31)25(27(36)37-4)22(33-18)14-38-10-9-32/h5,7,19,24,33H,6,8-17,32H2,1-4H3,(H,34,35)/t19-,24?,28+,29-,30-. The topological polar surface area (TPSA) is 103 Å². The molecule has 0 aromatic rings. The highest BCUT2D eigenvalue weighted by Gasteiger charge is 2.60. The van der Waals surface area contributed by atoms with E-state index in [1.807, 2.05) is 19.1 Å². The second-order valence-corrected chi connectivity index (χ2v) is 13.4. The van der Waals surface area contributed by atoms with Crippen molar-refractivity contribution in [1.82, 2.24) is 10.6 Å². The number of hydrogen-bond donors (Lipinski definition) is 3. The van der Waals surface area contributed by atoms with E-state index in [1.165, 1.54) is 26.4 Å². The molecular formula is C30H42ClN3O4. The van der Waals surface area contributed by atoms with Gasteiger partial charge in [0, 0.05) is 28.4 Å². The van der Waals surface area contributed by atoms with Crippen molar-refractivity contribution in [3.8, 4) is 0 Å². The van der Waals surface area contributed by atoms with E-state index in [9.17, 15) is 9.59 Å². The molecule has 1 amide bonds. The van der Waals surface area contributed by atoms with Gasteiger partial charge in [-0.1, -0.05) is 37.6 Å². The number of carbonyl (C=O) groups is 2. The average Bonchev–Trinajstić information content (AvgIpc) is 2.81. The van der Waals surface area contributed by atoms with Crippen LogP contribution in [0, 0.1) is 22.7 Å². The first kappa shape index (κ1) is 27.5. The molecule has 0 aromatic heterocycles. The Morgan fingerprint density at radius 3 is 2.47 bits per heavy atom. The van der Waals surface area contributed by atoms with Crippen molar-refractivity contribution in [3.05, 3.63) is 45.3 Å². The molecule has 0 spiro atoms. The fourth-order valence-electron chi connectivity index (χ4n) is 9.03. The lowest BCUT2D eigenvalue weighted by molar-refractivity contribution is -0.137. The van der Waals surface area contributed by atoms with Crippen LogP contribution >= 0.6 is 11.6 Å². The maximum atomic E-state index is 14.4. The number of halogens is 1. The van der Waals surface area contributed by atoms with Gasteiger partial charge in [-0.2, -0.15) is 0 Å². The molecular weight excluding hydrogens is 502 g/mol. The zero-order chi connectivity index (χ0) is 27.3. The number of rotatable bonds is 8. The van der Waals surface area contributed by atoms with Crippen molar-refractivity contribution in [2.75, 3.05) is 26.9 Å². The molecule has 6 rings (SSSR count). The summed E-state index contributed by atoms with van der Waals surface area (Å²) in [6.07, 6.45) is 12.3. The maximum Gasteiger partial charge on any atom is 0.336 e. The summed E-state index contributed by atoms with van der Waals surface area (Å²) in [5.41, 5.74) is 8.86. The van der Waals surface area contributed by atoms with Gasteiger partial charge in [-0.15, -0.1) is 0 Å². The zero-order valence-electron chi connectivity index (χ0n) is 23.2. The molecule has 208 valence electrons. The van der Waals surface area contributed by atoms with Crippen LogP contribution in [0.15, 0.2) is 45.3 Å². The van der Waals surface area contributed by atoms with Crippen LogP contribution in [0.2, 0.25) is 0 Å². The van der Waals surface area contributed by atoms with E-state index in [-0.39, 0.29) is 28.9 Å². The van der Waals surface area contributed by atoms with Gasteiger partial charge in [0.15, 0.2) is 0 Å². The van der Waals surface area contributed by atoms with Crippen molar-refractivity contribution in [2.45, 2.75) is 77.7 Å². The van der Waals surface area contributed by atoms with Gasteiger partial charge in [0.25, 0.3) is 0 Å². The molecule has 1 heterocycles. The number of nitrogens with two attached hydrogens (primary N) is 1. The average molecular weight is 544 g/mol. The number of methoxy groups -OCH3 is 1. The molecule has 1 unspecified atom stereocenters. The minimum Gasteiger partial charge on any atom is -0.466 e. The van der Waals surface area contributed by atoms with Gasteiger partial charge in [-0.3, -0.25) is 4.79 Å². The minimum absolute atomic E-state index is 0.131. The Morgan fingerprint density at radius 2 is 1.87 bits per heavy atom. The second kappa shape index (κ2) is 10.1. The smallest absolute Gasteiger partial charge is 0.336 e. The van der Waals surface area contributed by atoms with E-state index < -0.39 is 11.9 Å². The predicted molar refractivity (Wildman–Crippen MR) is 148 cm³/mol. The summed E-state index contributed by atoms with van der Waals surface area (Å²) in [5.74, 6) is -0.637. The summed E-state index contributed by atoms with van der Waals surface area (Å²) in [4.78, 5) is 27.7. The fourth-order valence-corrected chi connectivity index (χ4v) is 9.32. The molecule has 5 atom stereocenters. The van der Waals surface area contributed by atoms with Gasteiger partial charge in [0.1, 0.15) is 0 Å². The highest BCUT2D eigenvalue weighted by molar-refractivity contribution is 6.30. The summed E-state index contributed by atoms with van der Waals surface area (Å²) in [5, 5.41) is 7.54. The molecule has 0 aromatic carbocycles. The summed E-state index contributed by atoms with van der Waals surface area (Å²) >= 11 is 6.79. The van der Waals surface area contributed by atoms with E-state index in [2.05, 4.69) is 24.5 Å². The Labute approximate surface area is 231 Å². The van der Waals surface area contributed by atoms with Crippen molar-refractivity contribution in [3.63, 3.8) is 0 Å². The van der Waals surface area contributed by atoms with Crippen LogP contribution in [-0.2, 0) is 19.1 Å². The maximum absolute atomic E-state index is 14.4. The van der Waals surface area contributed by atoms with Gasteiger partial charge in [-0.05, 0) is 80.6 Å². The number of dihydropyridines is 1. The van der Waals surface area contributed by atoms with Crippen LogP contribution in [-0.4, -0.2) is 44.3 Å². The Hall–Kier alpha value is -2.09. The van der Waals surface area contributed by atoms with Crippen molar-refractivity contribution < 1.29 is 19.1 Å². The molecule has 4 N–H and O–H groups in total. The Balaban J connectivity index is 1.54. The summed E-state index contributed by atoms with van der Waals surface area (Å²) < 4.78 is 11.0. The van der Waals surface area contributed by atoms with E-state index in [1.54, 1.807) is 0 Å². The van der Waals surface area contributed by atoms with Crippen LogP contribution in [0.1, 0.15) is 72.1 Å². The first-order valence-corrected chi connectivity index (χ1v) is 14.3. The fraction of sp³-hybridized carbons (Fsp3) is 0.667. The van der Waals surface area contributed by atoms with Crippen LogP contribution in [0.3, 0.4) is 0 Å². The second-order valence-electron chi connectivity index (χ2n) is 13.0. The molecule has 0 saturated heterocycles.